The molecule has 0 radical (unpaired) electrons. The van der Waals surface area contributed by atoms with E-state index in [1.807, 2.05) is 0 Å². The lowest BCUT2D eigenvalue weighted by Gasteiger charge is -2.07. The van der Waals surface area contributed by atoms with Crippen LogP contribution >= 0.6 is 0 Å². The van der Waals surface area contributed by atoms with Crippen molar-refractivity contribution < 1.29 is 22.8 Å². The van der Waals surface area contributed by atoms with Crippen LogP contribution in [0.15, 0.2) is 36.4 Å². The van der Waals surface area contributed by atoms with Crippen molar-refractivity contribution in [1.82, 2.24) is 0 Å². The Kier molecular flexibility index (Phi) is 3.88. The van der Waals surface area contributed by atoms with Crippen molar-refractivity contribution >= 4 is 5.69 Å². The molecule has 0 fully saturated rings. The van der Waals surface area contributed by atoms with Crippen LogP contribution in [-0.4, -0.2) is 4.92 Å². The molecule has 0 atom stereocenters. The predicted molar refractivity (Wildman–Crippen MR) is 63.7 cm³/mol. The van der Waals surface area contributed by atoms with Crippen LogP contribution in [0, 0.1) is 27.6 Å². The molecule has 0 saturated heterocycles. The van der Waals surface area contributed by atoms with Gasteiger partial charge in [-0.2, -0.15) is 0 Å². The summed E-state index contributed by atoms with van der Waals surface area (Å²) in [7, 11) is 0. The molecule has 0 bridgehead atoms. The summed E-state index contributed by atoms with van der Waals surface area (Å²) in [5, 5.41) is 10.7. The van der Waals surface area contributed by atoms with Gasteiger partial charge in [0.1, 0.15) is 12.4 Å². The van der Waals surface area contributed by atoms with Gasteiger partial charge in [0.05, 0.1) is 4.92 Å². The number of nitro benzene ring substituents is 1. The van der Waals surface area contributed by atoms with E-state index < -0.39 is 28.1 Å². The number of rotatable bonds is 4. The summed E-state index contributed by atoms with van der Waals surface area (Å²) in [6.45, 7) is -0.249. The zero-order valence-corrected chi connectivity index (χ0v) is 9.98. The van der Waals surface area contributed by atoms with Gasteiger partial charge in [-0.3, -0.25) is 10.1 Å². The molecule has 0 N–H and O–H groups in total. The van der Waals surface area contributed by atoms with Crippen LogP contribution in [0.25, 0.3) is 0 Å². The minimum absolute atomic E-state index is 0.249. The van der Waals surface area contributed by atoms with E-state index in [0.717, 1.165) is 30.3 Å². The van der Waals surface area contributed by atoms with E-state index in [4.69, 9.17) is 4.74 Å². The first-order valence-corrected chi connectivity index (χ1v) is 5.48. The van der Waals surface area contributed by atoms with Gasteiger partial charge in [0.25, 0.3) is 0 Å². The molecule has 0 aliphatic heterocycles. The van der Waals surface area contributed by atoms with Crippen molar-refractivity contribution in [2.24, 2.45) is 0 Å². The third-order valence-electron chi connectivity index (χ3n) is 2.50. The summed E-state index contributed by atoms with van der Waals surface area (Å²) in [6.07, 6.45) is 0. The number of benzene rings is 2. The summed E-state index contributed by atoms with van der Waals surface area (Å²) in [4.78, 5) is 10.0. The minimum Gasteiger partial charge on any atom is -0.482 e. The molecule has 104 valence electrons. The standard InChI is InChI=1S/C13H8F3NO3/c14-9-2-4-12(17(18)19)13(6-9)20-7-8-1-3-10(15)11(16)5-8/h1-6H,7H2. The van der Waals surface area contributed by atoms with E-state index in [1.54, 1.807) is 0 Å². The maximum atomic E-state index is 13.0. The monoisotopic (exact) mass is 283 g/mol. The van der Waals surface area contributed by atoms with E-state index in [0.29, 0.717) is 0 Å². The average molecular weight is 283 g/mol. The Hall–Kier alpha value is -2.57. The van der Waals surface area contributed by atoms with Crippen molar-refractivity contribution in [1.29, 1.82) is 0 Å². The molecule has 0 aromatic heterocycles. The second kappa shape index (κ2) is 5.60. The highest BCUT2D eigenvalue weighted by molar-refractivity contribution is 5.46. The first-order valence-electron chi connectivity index (χ1n) is 5.48. The molecule has 20 heavy (non-hydrogen) atoms. The molecule has 2 aromatic rings. The highest BCUT2D eigenvalue weighted by atomic mass is 19.2. The van der Waals surface area contributed by atoms with Crippen molar-refractivity contribution in [2.45, 2.75) is 6.61 Å². The molecule has 0 amide bonds. The topological polar surface area (TPSA) is 52.4 Å². The van der Waals surface area contributed by atoms with Crippen LogP contribution in [0.1, 0.15) is 5.56 Å². The Morgan fingerprint density at radius 2 is 1.80 bits per heavy atom. The maximum Gasteiger partial charge on any atom is 0.311 e. The van der Waals surface area contributed by atoms with Gasteiger partial charge in [-0.25, -0.2) is 13.2 Å². The molecular formula is C13H8F3NO3. The largest absolute Gasteiger partial charge is 0.482 e. The van der Waals surface area contributed by atoms with Crippen molar-refractivity contribution in [3.05, 3.63) is 69.5 Å². The van der Waals surface area contributed by atoms with Gasteiger partial charge in [-0.1, -0.05) is 6.07 Å². The SMILES string of the molecule is O=[N+]([O-])c1ccc(F)cc1OCc1ccc(F)c(F)c1. The molecule has 0 saturated carbocycles. The van der Waals surface area contributed by atoms with Crippen LogP contribution in [0.4, 0.5) is 18.9 Å². The number of hydrogen-bond acceptors (Lipinski definition) is 3. The fourth-order valence-electron chi connectivity index (χ4n) is 1.54. The zero-order valence-electron chi connectivity index (χ0n) is 9.98. The Morgan fingerprint density at radius 1 is 1.05 bits per heavy atom. The Morgan fingerprint density at radius 3 is 2.45 bits per heavy atom. The highest BCUT2D eigenvalue weighted by Gasteiger charge is 2.16. The fourth-order valence-corrected chi connectivity index (χ4v) is 1.54. The third kappa shape index (κ3) is 3.05. The highest BCUT2D eigenvalue weighted by Crippen LogP contribution is 2.28. The lowest BCUT2D eigenvalue weighted by atomic mass is 10.2. The zero-order chi connectivity index (χ0) is 14.7. The number of nitrogens with zero attached hydrogens (tertiary/aromatic N) is 1. The number of ether oxygens (including phenoxy) is 1. The van der Waals surface area contributed by atoms with E-state index >= 15 is 0 Å². The van der Waals surface area contributed by atoms with E-state index in [-0.39, 0.29) is 17.9 Å². The second-order valence-electron chi connectivity index (χ2n) is 3.91. The number of nitro groups is 1. The fraction of sp³-hybridized carbons (Fsp3) is 0.0769. The minimum atomic E-state index is -1.06. The van der Waals surface area contributed by atoms with Gasteiger partial charge in [-0.05, 0) is 23.8 Å². The molecule has 0 aliphatic rings. The molecule has 2 rings (SSSR count). The molecule has 7 heteroatoms. The van der Waals surface area contributed by atoms with Crippen molar-refractivity contribution in [2.75, 3.05) is 0 Å². The smallest absolute Gasteiger partial charge is 0.311 e. The molecule has 4 nitrogen and oxygen atoms in total. The van der Waals surface area contributed by atoms with Gasteiger partial charge in [0.2, 0.25) is 0 Å². The van der Waals surface area contributed by atoms with E-state index in [2.05, 4.69) is 0 Å². The number of hydrogen-bond donors (Lipinski definition) is 0. The Labute approximate surface area is 111 Å². The molecule has 0 spiro atoms. The van der Waals surface area contributed by atoms with Gasteiger partial charge in [0.15, 0.2) is 17.4 Å². The summed E-state index contributed by atoms with van der Waals surface area (Å²) in [5.41, 5.74) is -0.142. The van der Waals surface area contributed by atoms with Crippen LogP contribution in [-0.2, 0) is 6.61 Å². The quantitative estimate of drug-likeness (QED) is 0.636. The number of halogens is 3. The van der Waals surface area contributed by atoms with Crippen LogP contribution in [0.2, 0.25) is 0 Å². The molecule has 0 unspecified atom stereocenters. The van der Waals surface area contributed by atoms with Crippen molar-refractivity contribution in [3.8, 4) is 5.75 Å². The first kappa shape index (κ1) is 13.9. The second-order valence-corrected chi connectivity index (χ2v) is 3.91. The van der Waals surface area contributed by atoms with Gasteiger partial charge >= 0.3 is 5.69 Å². The normalized spacial score (nSPS) is 10.3. The lowest BCUT2D eigenvalue weighted by molar-refractivity contribution is -0.386. The van der Waals surface area contributed by atoms with Gasteiger partial charge in [0, 0.05) is 12.1 Å². The molecule has 0 aliphatic carbocycles. The predicted octanol–water partition coefficient (Wildman–Crippen LogP) is 3.59. The molecule has 2 aromatic carbocycles. The molecule has 0 heterocycles. The van der Waals surface area contributed by atoms with Gasteiger partial charge in [-0.15, -0.1) is 0 Å². The van der Waals surface area contributed by atoms with Crippen LogP contribution < -0.4 is 4.74 Å². The van der Waals surface area contributed by atoms with Crippen molar-refractivity contribution in [3.63, 3.8) is 0 Å². The average Bonchev–Trinajstić information content (AvgIpc) is 2.40. The summed E-state index contributed by atoms with van der Waals surface area (Å²) in [5.74, 6) is -3.04. The third-order valence-corrected chi connectivity index (χ3v) is 2.50. The lowest BCUT2D eigenvalue weighted by Crippen LogP contribution is -2.00. The summed E-state index contributed by atoms with van der Waals surface area (Å²) >= 11 is 0. The van der Waals surface area contributed by atoms with E-state index in [1.165, 1.54) is 6.07 Å². The molecular weight excluding hydrogens is 275 g/mol. The van der Waals surface area contributed by atoms with Crippen LogP contribution in [0.5, 0.6) is 5.75 Å². The van der Waals surface area contributed by atoms with Gasteiger partial charge < -0.3 is 4.74 Å². The van der Waals surface area contributed by atoms with E-state index in [9.17, 15) is 23.3 Å². The maximum absolute atomic E-state index is 13.0. The Bertz CT molecular complexity index is 661. The first-order chi connectivity index (χ1) is 9.47. The summed E-state index contributed by atoms with van der Waals surface area (Å²) in [6, 6.07) is 5.84. The summed E-state index contributed by atoms with van der Waals surface area (Å²) < 4.78 is 43.8. The Balaban J connectivity index is 2.20. The van der Waals surface area contributed by atoms with Crippen LogP contribution in [0.3, 0.4) is 0 Å².